The van der Waals surface area contributed by atoms with E-state index in [9.17, 15) is 14.9 Å². The van der Waals surface area contributed by atoms with Gasteiger partial charge in [-0.3, -0.25) is 10.1 Å². The molecule has 0 atom stereocenters. The van der Waals surface area contributed by atoms with Crippen LogP contribution in [0.25, 0.3) is 0 Å². The maximum Gasteiger partial charge on any atom is 0.340 e. The molecule has 1 saturated heterocycles. The van der Waals surface area contributed by atoms with Crippen LogP contribution in [0.1, 0.15) is 36.2 Å². The molecule has 0 spiro atoms. The van der Waals surface area contributed by atoms with Gasteiger partial charge in [-0.2, -0.15) is 0 Å². The second-order valence-electron chi connectivity index (χ2n) is 5.92. The number of anilines is 1. The van der Waals surface area contributed by atoms with Crippen molar-refractivity contribution in [3.63, 3.8) is 0 Å². The topological polar surface area (TPSA) is 72.7 Å². The van der Waals surface area contributed by atoms with Gasteiger partial charge in [0.2, 0.25) is 0 Å². The van der Waals surface area contributed by atoms with Gasteiger partial charge in [-0.15, -0.1) is 0 Å². The number of nitro benzene ring substituents is 1. The number of carbonyl (C=O) groups excluding carboxylic acids is 1. The van der Waals surface area contributed by atoms with E-state index in [0.29, 0.717) is 5.56 Å². The minimum Gasteiger partial charge on any atom is -0.465 e. The number of nitrogens with zero attached hydrogens (tertiary/aromatic N) is 2. The maximum atomic E-state index is 11.9. The number of rotatable bonds is 4. The molecule has 6 nitrogen and oxygen atoms in total. The van der Waals surface area contributed by atoms with Gasteiger partial charge in [-0.1, -0.05) is 13.8 Å². The molecule has 1 aliphatic heterocycles. The first-order valence-electron chi connectivity index (χ1n) is 6.93. The van der Waals surface area contributed by atoms with Crippen LogP contribution in [0.3, 0.4) is 0 Å². The van der Waals surface area contributed by atoms with Crippen LogP contribution in [0.5, 0.6) is 0 Å². The summed E-state index contributed by atoms with van der Waals surface area (Å²) in [4.78, 5) is 24.6. The van der Waals surface area contributed by atoms with Crippen LogP contribution in [0, 0.1) is 22.5 Å². The van der Waals surface area contributed by atoms with Gasteiger partial charge in [0, 0.05) is 30.1 Å². The van der Waals surface area contributed by atoms with Crippen LogP contribution in [0.2, 0.25) is 0 Å². The Hall–Kier alpha value is -2.11. The first-order chi connectivity index (χ1) is 9.81. The van der Waals surface area contributed by atoms with Gasteiger partial charge in [0.25, 0.3) is 5.69 Å². The fraction of sp³-hybridized carbons (Fsp3) is 0.533. The van der Waals surface area contributed by atoms with Crippen molar-refractivity contribution < 1.29 is 14.5 Å². The first kappa shape index (κ1) is 15.3. The second-order valence-corrected chi connectivity index (χ2v) is 5.92. The number of methoxy groups -OCH3 is 1. The van der Waals surface area contributed by atoms with Crippen molar-refractivity contribution >= 4 is 17.3 Å². The van der Waals surface area contributed by atoms with Crippen LogP contribution < -0.4 is 4.90 Å². The highest BCUT2D eigenvalue weighted by Crippen LogP contribution is 2.40. The van der Waals surface area contributed by atoms with Crippen LogP contribution >= 0.6 is 0 Å². The van der Waals surface area contributed by atoms with E-state index in [4.69, 9.17) is 4.74 Å². The summed E-state index contributed by atoms with van der Waals surface area (Å²) in [6.45, 7) is 7.69. The average Bonchev–Trinajstić information content (AvgIpc) is 2.42. The fourth-order valence-electron chi connectivity index (χ4n) is 2.68. The summed E-state index contributed by atoms with van der Waals surface area (Å²) in [5.41, 5.74) is 1.71. The van der Waals surface area contributed by atoms with Crippen LogP contribution in [-0.2, 0) is 4.74 Å². The number of carbonyl (C=O) groups is 1. The zero-order valence-electron chi connectivity index (χ0n) is 12.8. The minimum atomic E-state index is -0.543. The largest absolute Gasteiger partial charge is 0.465 e. The monoisotopic (exact) mass is 292 g/mol. The van der Waals surface area contributed by atoms with Crippen molar-refractivity contribution in [2.24, 2.45) is 5.41 Å². The molecule has 1 fully saturated rings. The third kappa shape index (κ3) is 2.70. The zero-order chi connectivity index (χ0) is 15.8. The summed E-state index contributed by atoms with van der Waals surface area (Å²) in [6, 6.07) is 3.03. The summed E-state index contributed by atoms with van der Waals surface area (Å²) in [6.07, 6.45) is 1.06. The van der Waals surface area contributed by atoms with Gasteiger partial charge < -0.3 is 9.64 Å². The number of hydrogen-bond acceptors (Lipinski definition) is 5. The Bertz CT molecular complexity index is 592. The lowest BCUT2D eigenvalue weighted by Gasteiger charge is -2.49. The molecule has 0 radical (unpaired) electrons. The van der Waals surface area contributed by atoms with Crippen LogP contribution in [-0.4, -0.2) is 31.1 Å². The van der Waals surface area contributed by atoms with Gasteiger partial charge in [0.15, 0.2) is 0 Å². The minimum absolute atomic E-state index is 0.0575. The van der Waals surface area contributed by atoms with Gasteiger partial charge in [-0.25, -0.2) is 4.79 Å². The van der Waals surface area contributed by atoms with E-state index in [1.54, 1.807) is 13.0 Å². The molecule has 1 aliphatic rings. The quantitative estimate of drug-likeness (QED) is 0.484. The lowest BCUT2D eigenvalue weighted by atomic mass is 9.79. The molecule has 0 saturated carbocycles. The van der Waals surface area contributed by atoms with Crippen molar-refractivity contribution in [3.05, 3.63) is 33.4 Å². The number of aryl methyl sites for hydroxylation is 1. The number of nitro groups is 1. The highest BCUT2D eigenvalue weighted by Gasteiger charge is 2.39. The molecule has 1 aromatic carbocycles. The molecule has 0 aliphatic carbocycles. The van der Waals surface area contributed by atoms with Gasteiger partial charge >= 0.3 is 5.97 Å². The SMILES string of the molecule is CCC1(C)CN(c2cc(C)c([N+](=O)[O-])cc2C(=O)OC)C1. The highest BCUT2D eigenvalue weighted by atomic mass is 16.6. The molecule has 1 aromatic rings. The molecular weight excluding hydrogens is 272 g/mol. The molecule has 0 N–H and O–H groups in total. The van der Waals surface area contributed by atoms with Crippen LogP contribution in [0.15, 0.2) is 12.1 Å². The third-order valence-electron chi connectivity index (χ3n) is 4.26. The first-order valence-corrected chi connectivity index (χ1v) is 6.93. The van der Waals surface area contributed by atoms with E-state index < -0.39 is 10.9 Å². The Balaban J connectivity index is 2.43. The standard InChI is InChI=1S/C15H20N2O4/c1-5-15(3)8-16(9-15)13-6-10(2)12(17(19)20)7-11(13)14(18)21-4/h6-7H,5,8-9H2,1-4H3. The van der Waals surface area contributed by atoms with E-state index in [-0.39, 0.29) is 16.7 Å². The maximum absolute atomic E-state index is 11.9. The number of hydrogen-bond donors (Lipinski definition) is 0. The molecular formula is C15H20N2O4. The lowest BCUT2D eigenvalue weighted by Crippen LogP contribution is -2.54. The predicted octanol–water partition coefficient (Wildman–Crippen LogP) is 2.93. The van der Waals surface area contributed by atoms with E-state index in [2.05, 4.69) is 18.7 Å². The summed E-state index contributed by atoms with van der Waals surface area (Å²) in [5, 5.41) is 11.0. The fourth-order valence-corrected chi connectivity index (χ4v) is 2.68. The molecule has 0 bridgehead atoms. The number of benzene rings is 1. The Morgan fingerprint density at radius 3 is 2.57 bits per heavy atom. The molecule has 21 heavy (non-hydrogen) atoms. The lowest BCUT2D eigenvalue weighted by molar-refractivity contribution is -0.385. The Morgan fingerprint density at radius 2 is 2.10 bits per heavy atom. The van der Waals surface area contributed by atoms with E-state index in [1.165, 1.54) is 13.2 Å². The third-order valence-corrected chi connectivity index (χ3v) is 4.26. The molecule has 1 heterocycles. The van der Waals surface area contributed by atoms with Gasteiger partial charge in [0.1, 0.15) is 0 Å². The molecule has 2 rings (SSSR count). The summed E-state index contributed by atoms with van der Waals surface area (Å²) in [7, 11) is 1.28. The molecule has 0 amide bonds. The summed E-state index contributed by atoms with van der Waals surface area (Å²) in [5.74, 6) is -0.543. The smallest absolute Gasteiger partial charge is 0.340 e. The highest BCUT2D eigenvalue weighted by molar-refractivity contribution is 5.97. The normalized spacial score (nSPS) is 16.3. The van der Waals surface area contributed by atoms with Crippen molar-refractivity contribution in [2.45, 2.75) is 27.2 Å². The molecule has 0 unspecified atom stereocenters. The Labute approximate surface area is 123 Å². The van der Waals surface area contributed by atoms with E-state index in [1.807, 2.05) is 0 Å². The Kier molecular flexibility index (Phi) is 3.89. The van der Waals surface area contributed by atoms with Crippen LogP contribution in [0.4, 0.5) is 11.4 Å². The number of ether oxygens (including phenoxy) is 1. The van der Waals surface area contributed by atoms with Crippen molar-refractivity contribution in [2.75, 3.05) is 25.1 Å². The summed E-state index contributed by atoms with van der Waals surface area (Å²) >= 11 is 0. The summed E-state index contributed by atoms with van der Waals surface area (Å²) < 4.78 is 4.76. The average molecular weight is 292 g/mol. The number of esters is 1. The van der Waals surface area contributed by atoms with E-state index in [0.717, 1.165) is 25.2 Å². The van der Waals surface area contributed by atoms with Crippen molar-refractivity contribution in [1.29, 1.82) is 0 Å². The van der Waals surface area contributed by atoms with Crippen molar-refractivity contribution in [3.8, 4) is 0 Å². The molecule has 6 heteroatoms. The Morgan fingerprint density at radius 1 is 1.48 bits per heavy atom. The van der Waals surface area contributed by atoms with Crippen molar-refractivity contribution in [1.82, 2.24) is 0 Å². The molecule has 0 aromatic heterocycles. The molecule has 114 valence electrons. The van der Waals surface area contributed by atoms with Gasteiger partial charge in [-0.05, 0) is 19.4 Å². The van der Waals surface area contributed by atoms with Gasteiger partial charge in [0.05, 0.1) is 23.3 Å². The second kappa shape index (κ2) is 5.35. The predicted molar refractivity (Wildman–Crippen MR) is 79.8 cm³/mol. The zero-order valence-corrected chi connectivity index (χ0v) is 12.8. The van der Waals surface area contributed by atoms with E-state index >= 15 is 0 Å².